The number of hydrogen-bond donors (Lipinski definition) is 0. The Kier molecular flexibility index (Phi) is 3.68. The summed E-state index contributed by atoms with van der Waals surface area (Å²) in [7, 11) is -3.07. The van der Waals surface area contributed by atoms with Crippen LogP contribution < -0.4 is 5.56 Å². The van der Waals surface area contributed by atoms with Crippen molar-refractivity contribution < 1.29 is 12.8 Å². The molecule has 0 radical (unpaired) electrons. The van der Waals surface area contributed by atoms with Gasteiger partial charge in [0, 0.05) is 5.56 Å². The van der Waals surface area contributed by atoms with Crippen LogP contribution in [0.3, 0.4) is 0 Å². The number of benzene rings is 1. The topological polar surface area (TPSA) is 86.8 Å². The zero-order chi connectivity index (χ0) is 17.6. The lowest BCUT2D eigenvalue weighted by molar-refractivity contribution is 0.511. The highest BCUT2D eigenvalue weighted by Gasteiger charge is 2.31. The van der Waals surface area contributed by atoms with Crippen LogP contribution >= 0.6 is 0 Å². The minimum atomic E-state index is -3.07. The van der Waals surface area contributed by atoms with Gasteiger partial charge in [0.1, 0.15) is 17.5 Å². The van der Waals surface area contributed by atoms with Crippen molar-refractivity contribution in [3.05, 3.63) is 58.5 Å². The summed E-state index contributed by atoms with van der Waals surface area (Å²) in [5, 5.41) is 4.47. The van der Waals surface area contributed by atoms with Gasteiger partial charge in [-0.05, 0) is 12.5 Å². The third kappa shape index (κ3) is 2.84. The average Bonchev–Trinajstić information content (AvgIpc) is 3.15. The maximum absolute atomic E-state index is 13.8. The van der Waals surface area contributed by atoms with Gasteiger partial charge in [-0.1, -0.05) is 18.2 Å². The molecule has 1 fully saturated rings. The van der Waals surface area contributed by atoms with Crippen molar-refractivity contribution in [1.29, 1.82) is 0 Å². The second-order valence-corrected chi connectivity index (χ2v) is 8.38. The zero-order valence-corrected chi connectivity index (χ0v) is 14.0. The van der Waals surface area contributed by atoms with E-state index in [0.29, 0.717) is 23.0 Å². The lowest BCUT2D eigenvalue weighted by atomic mass is 10.2. The standard InChI is InChI=1S/C16H15FN4O3S/c17-14-4-2-1-3-11(14)8-20-10-18-15-13(16(20)22)7-19-21(15)12-5-6-25(23,24)9-12/h1-4,7,10,12H,5-6,8-9H2. The van der Waals surface area contributed by atoms with E-state index in [2.05, 4.69) is 10.1 Å². The predicted octanol–water partition coefficient (Wildman–Crippen LogP) is 1.14. The van der Waals surface area contributed by atoms with E-state index in [9.17, 15) is 17.6 Å². The molecule has 0 aliphatic carbocycles. The molecule has 3 aromatic rings. The lowest BCUT2D eigenvalue weighted by Gasteiger charge is -2.10. The van der Waals surface area contributed by atoms with Crippen LogP contribution in [0.1, 0.15) is 18.0 Å². The normalized spacial score (nSPS) is 19.5. The van der Waals surface area contributed by atoms with Crippen molar-refractivity contribution in [1.82, 2.24) is 19.3 Å². The summed E-state index contributed by atoms with van der Waals surface area (Å²) in [4.78, 5) is 16.9. The summed E-state index contributed by atoms with van der Waals surface area (Å²) < 4.78 is 40.0. The molecule has 130 valence electrons. The summed E-state index contributed by atoms with van der Waals surface area (Å²) >= 11 is 0. The molecule has 1 aromatic carbocycles. The van der Waals surface area contributed by atoms with Gasteiger partial charge in [-0.3, -0.25) is 9.36 Å². The fraction of sp³-hybridized carbons (Fsp3) is 0.312. The van der Waals surface area contributed by atoms with Crippen LogP contribution in [0.4, 0.5) is 4.39 Å². The summed E-state index contributed by atoms with van der Waals surface area (Å²) in [5.41, 5.74) is 0.414. The highest BCUT2D eigenvalue weighted by atomic mass is 32.2. The van der Waals surface area contributed by atoms with Gasteiger partial charge in [-0.2, -0.15) is 5.10 Å². The van der Waals surface area contributed by atoms with Crippen LogP contribution in [0.5, 0.6) is 0 Å². The Morgan fingerprint density at radius 2 is 2.08 bits per heavy atom. The minimum absolute atomic E-state index is 0.00374. The molecule has 1 aliphatic rings. The molecule has 25 heavy (non-hydrogen) atoms. The fourth-order valence-corrected chi connectivity index (χ4v) is 4.82. The van der Waals surface area contributed by atoms with Gasteiger partial charge in [-0.15, -0.1) is 0 Å². The molecule has 2 aromatic heterocycles. The highest BCUT2D eigenvalue weighted by molar-refractivity contribution is 7.91. The van der Waals surface area contributed by atoms with Crippen LogP contribution in [0, 0.1) is 5.82 Å². The maximum Gasteiger partial charge on any atom is 0.264 e. The molecule has 3 heterocycles. The van der Waals surface area contributed by atoms with E-state index in [4.69, 9.17) is 0 Å². The van der Waals surface area contributed by atoms with E-state index < -0.39 is 9.84 Å². The third-order valence-corrected chi connectivity index (χ3v) is 6.18. The summed E-state index contributed by atoms with van der Waals surface area (Å²) in [6, 6.07) is 5.93. The van der Waals surface area contributed by atoms with Crippen LogP contribution in [0.2, 0.25) is 0 Å². The zero-order valence-electron chi connectivity index (χ0n) is 13.2. The molecule has 1 aliphatic heterocycles. The van der Waals surface area contributed by atoms with Crippen molar-refractivity contribution in [2.45, 2.75) is 19.0 Å². The molecule has 1 saturated heterocycles. The van der Waals surface area contributed by atoms with Gasteiger partial charge >= 0.3 is 0 Å². The van der Waals surface area contributed by atoms with Gasteiger partial charge in [0.2, 0.25) is 0 Å². The van der Waals surface area contributed by atoms with Crippen molar-refractivity contribution in [3.63, 3.8) is 0 Å². The van der Waals surface area contributed by atoms with Gasteiger partial charge in [0.25, 0.3) is 5.56 Å². The van der Waals surface area contributed by atoms with E-state index in [0.717, 1.165) is 0 Å². The molecule has 7 nitrogen and oxygen atoms in total. The Balaban J connectivity index is 1.73. The number of rotatable bonds is 3. The molecule has 0 N–H and O–H groups in total. The largest absolute Gasteiger partial charge is 0.294 e. The molecular weight excluding hydrogens is 347 g/mol. The van der Waals surface area contributed by atoms with Gasteiger partial charge in [0.05, 0.1) is 30.3 Å². The van der Waals surface area contributed by atoms with Crippen molar-refractivity contribution in [2.24, 2.45) is 0 Å². The number of sulfone groups is 1. The van der Waals surface area contributed by atoms with E-state index in [-0.39, 0.29) is 35.5 Å². The summed E-state index contributed by atoms with van der Waals surface area (Å²) in [5.74, 6) is -0.269. The number of halogens is 1. The molecule has 0 bridgehead atoms. The van der Waals surface area contributed by atoms with Crippen LogP contribution in [0.15, 0.2) is 41.6 Å². The molecule has 1 atom stereocenters. The number of hydrogen-bond acceptors (Lipinski definition) is 5. The number of aromatic nitrogens is 4. The van der Waals surface area contributed by atoms with E-state index in [1.165, 1.54) is 27.8 Å². The van der Waals surface area contributed by atoms with Crippen LogP contribution in [0.25, 0.3) is 11.0 Å². The minimum Gasteiger partial charge on any atom is -0.294 e. The molecule has 9 heteroatoms. The summed E-state index contributed by atoms with van der Waals surface area (Å²) in [6.45, 7) is 0.0669. The Morgan fingerprint density at radius 3 is 2.80 bits per heavy atom. The molecular formula is C16H15FN4O3S. The van der Waals surface area contributed by atoms with Gasteiger partial charge in [-0.25, -0.2) is 22.5 Å². The van der Waals surface area contributed by atoms with Crippen LogP contribution in [-0.2, 0) is 16.4 Å². The van der Waals surface area contributed by atoms with E-state index in [1.54, 1.807) is 18.2 Å². The molecule has 0 amide bonds. The molecule has 0 saturated carbocycles. The number of fused-ring (bicyclic) bond motifs is 1. The first kappa shape index (κ1) is 15.9. The Bertz CT molecular complexity index is 1120. The quantitative estimate of drug-likeness (QED) is 0.697. The maximum atomic E-state index is 13.8. The van der Waals surface area contributed by atoms with Gasteiger partial charge in [0.15, 0.2) is 15.5 Å². The average molecular weight is 362 g/mol. The molecule has 4 rings (SSSR count). The summed E-state index contributed by atoms with van der Waals surface area (Å²) in [6.07, 6.45) is 3.20. The first-order valence-corrected chi connectivity index (χ1v) is 9.63. The first-order chi connectivity index (χ1) is 11.9. The molecule has 0 spiro atoms. The van der Waals surface area contributed by atoms with Gasteiger partial charge < -0.3 is 0 Å². The smallest absolute Gasteiger partial charge is 0.264 e. The van der Waals surface area contributed by atoms with Crippen molar-refractivity contribution >= 4 is 20.9 Å². The first-order valence-electron chi connectivity index (χ1n) is 7.81. The Morgan fingerprint density at radius 1 is 1.28 bits per heavy atom. The Hall–Kier alpha value is -2.55. The fourth-order valence-electron chi connectivity index (χ4n) is 3.13. The van der Waals surface area contributed by atoms with E-state index >= 15 is 0 Å². The van der Waals surface area contributed by atoms with E-state index in [1.807, 2.05) is 0 Å². The Labute approximate surface area is 142 Å². The highest BCUT2D eigenvalue weighted by Crippen LogP contribution is 2.25. The molecule has 1 unspecified atom stereocenters. The van der Waals surface area contributed by atoms with Crippen LogP contribution in [-0.4, -0.2) is 39.3 Å². The van der Waals surface area contributed by atoms with Crippen molar-refractivity contribution in [2.75, 3.05) is 11.5 Å². The number of nitrogens with zero attached hydrogens (tertiary/aromatic N) is 4. The lowest BCUT2D eigenvalue weighted by Crippen LogP contribution is -2.22. The monoisotopic (exact) mass is 362 g/mol. The SMILES string of the molecule is O=c1c2cnn(C3CCS(=O)(=O)C3)c2ncn1Cc1ccccc1F. The third-order valence-electron chi connectivity index (χ3n) is 4.43. The second kappa shape index (κ2) is 5.76. The predicted molar refractivity (Wildman–Crippen MR) is 89.6 cm³/mol. The second-order valence-electron chi connectivity index (χ2n) is 6.15. The van der Waals surface area contributed by atoms with Crippen molar-refractivity contribution in [3.8, 4) is 0 Å².